The first-order valence-electron chi connectivity index (χ1n) is 5.67. The molecule has 0 atom stereocenters. The summed E-state index contributed by atoms with van der Waals surface area (Å²) in [5.74, 6) is -0.892. The SMILES string of the molecule is CCCc1cc(C(=O)O)cc(SC2COC2)n1. The van der Waals surface area contributed by atoms with Crippen LogP contribution in [0.1, 0.15) is 29.4 Å². The van der Waals surface area contributed by atoms with Crippen molar-refractivity contribution in [2.75, 3.05) is 13.2 Å². The maximum atomic E-state index is 11.0. The highest BCUT2D eigenvalue weighted by Gasteiger charge is 2.21. The lowest BCUT2D eigenvalue weighted by Crippen LogP contribution is -2.30. The fourth-order valence-electron chi connectivity index (χ4n) is 1.58. The van der Waals surface area contributed by atoms with E-state index in [1.807, 2.05) is 0 Å². The maximum Gasteiger partial charge on any atom is 0.335 e. The second kappa shape index (κ2) is 5.51. The van der Waals surface area contributed by atoms with Crippen LogP contribution in [0.5, 0.6) is 0 Å². The summed E-state index contributed by atoms with van der Waals surface area (Å²) in [6.07, 6.45) is 1.78. The Morgan fingerprint density at radius 3 is 2.88 bits per heavy atom. The molecule has 0 aromatic carbocycles. The van der Waals surface area contributed by atoms with E-state index in [2.05, 4.69) is 11.9 Å². The molecule has 1 aliphatic rings. The number of aryl methyl sites for hydroxylation is 1. The van der Waals surface area contributed by atoms with Gasteiger partial charge in [0.15, 0.2) is 0 Å². The first-order chi connectivity index (χ1) is 8.19. The highest BCUT2D eigenvalue weighted by Crippen LogP contribution is 2.27. The lowest BCUT2D eigenvalue weighted by Gasteiger charge is -2.24. The van der Waals surface area contributed by atoms with Crippen LogP contribution in [0.3, 0.4) is 0 Å². The van der Waals surface area contributed by atoms with Gasteiger partial charge in [0, 0.05) is 5.69 Å². The molecule has 0 bridgehead atoms. The zero-order chi connectivity index (χ0) is 12.3. The molecule has 0 amide bonds. The molecule has 0 unspecified atom stereocenters. The van der Waals surface area contributed by atoms with Crippen LogP contribution in [0.25, 0.3) is 0 Å². The monoisotopic (exact) mass is 253 g/mol. The molecular weight excluding hydrogens is 238 g/mol. The van der Waals surface area contributed by atoms with Crippen LogP contribution >= 0.6 is 11.8 Å². The van der Waals surface area contributed by atoms with E-state index < -0.39 is 5.97 Å². The summed E-state index contributed by atoms with van der Waals surface area (Å²) < 4.78 is 5.10. The molecule has 1 aromatic rings. The van der Waals surface area contributed by atoms with Crippen molar-refractivity contribution >= 4 is 17.7 Å². The van der Waals surface area contributed by atoms with Crippen molar-refractivity contribution in [1.82, 2.24) is 4.98 Å². The fourth-order valence-corrected chi connectivity index (χ4v) is 2.62. The topological polar surface area (TPSA) is 59.4 Å². The van der Waals surface area contributed by atoms with Crippen LogP contribution in [0.2, 0.25) is 0 Å². The van der Waals surface area contributed by atoms with Gasteiger partial charge in [-0.25, -0.2) is 9.78 Å². The molecule has 17 heavy (non-hydrogen) atoms. The lowest BCUT2D eigenvalue weighted by atomic mass is 10.2. The molecule has 0 spiro atoms. The van der Waals surface area contributed by atoms with Gasteiger partial charge in [0.05, 0.1) is 29.1 Å². The van der Waals surface area contributed by atoms with Crippen molar-refractivity contribution in [2.24, 2.45) is 0 Å². The Morgan fingerprint density at radius 1 is 1.59 bits per heavy atom. The first-order valence-corrected chi connectivity index (χ1v) is 6.55. The summed E-state index contributed by atoms with van der Waals surface area (Å²) in [5.41, 5.74) is 1.18. The van der Waals surface area contributed by atoms with E-state index in [1.54, 1.807) is 23.9 Å². The van der Waals surface area contributed by atoms with Crippen molar-refractivity contribution < 1.29 is 14.6 Å². The zero-order valence-corrected chi connectivity index (χ0v) is 10.5. The third-order valence-electron chi connectivity index (χ3n) is 2.50. The number of ether oxygens (including phenoxy) is 1. The predicted octanol–water partition coefficient (Wildman–Crippen LogP) is 2.22. The van der Waals surface area contributed by atoms with Crippen LogP contribution in [0, 0.1) is 0 Å². The minimum Gasteiger partial charge on any atom is -0.478 e. The summed E-state index contributed by atoms with van der Waals surface area (Å²) in [4.78, 5) is 15.5. The van der Waals surface area contributed by atoms with Crippen LogP contribution in [-0.4, -0.2) is 34.5 Å². The molecule has 0 saturated carbocycles. The van der Waals surface area contributed by atoms with Crippen molar-refractivity contribution in [3.8, 4) is 0 Å². The Kier molecular flexibility index (Phi) is 4.02. The Bertz CT molecular complexity index is 418. The normalized spacial score (nSPS) is 15.6. The number of nitrogens with zero attached hydrogens (tertiary/aromatic N) is 1. The average Bonchev–Trinajstić information content (AvgIpc) is 2.24. The van der Waals surface area contributed by atoms with Gasteiger partial charge >= 0.3 is 5.97 Å². The maximum absolute atomic E-state index is 11.0. The number of carboxylic acid groups (broad SMARTS) is 1. The molecule has 1 fully saturated rings. The number of hydrogen-bond acceptors (Lipinski definition) is 4. The summed E-state index contributed by atoms with van der Waals surface area (Å²) in [6.45, 7) is 3.52. The number of aromatic nitrogens is 1. The number of carbonyl (C=O) groups is 1. The minimum absolute atomic E-state index is 0.325. The average molecular weight is 253 g/mol. The van der Waals surface area contributed by atoms with Gasteiger partial charge in [0.2, 0.25) is 0 Å². The number of pyridine rings is 1. The Balaban J connectivity index is 2.19. The van der Waals surface area contributed by atoms with Crippen LogP contribution in [0.4, 0.5) is 0 Å². The standard InChI is InChI=1S/C12H15NO3S/c1-2-3-9-4-8(12(14)15)5-11(13-9)17-10-6-16-7-10/h4-5,10H,2-3,6-7H2,1H3,(H,14,15). The highest BCUT2D eigenvalue weighted by molar-refractivity contribution is 8.00. The Morgan fingerprint density at radius 2 is 2.35 bits per heavy atom. The van der Waals surface area contributed by atoms with Crippen molar-refractivity contribution in [3.05, 3.63) is 23.4 Å². The predicted molar refractivity (Wildman–Crippen MR) is 65.7 cm³/mol. The molecule has 4 nitrogen and oxygen atoms in total. The van der Waals surface area contributed by atoms with E-state index >= 15 is 0 Å². The van der Waals surface area contributed by atoms with Gasteiger partial charge in [0.1, 0.15) is 0 Å². The van der Waals surface area contributed by atoms with Crippen molar-refractivity contribution in [2.45, 2.75) is 30.0 Å². The van der Waals surface area contributed by atoms with Crippen molar-refractivity contribution in [1.29, 1.82) is 0 Å². The van der Waals surface area contributed by atoms with Gasteiger partial charge in [-0.2, -0.15) is 0 Å². The van der Waals surface area contributed by atoms with Crippen LogP contribution < -0.4 is 0 Å². The Hall–Kier alpha value is -1.07. The molecule has 2 rings (SSSR count). The van der Waals surface area contributed by atoms with Gasteiger partial charge in [-0.3, -0.25) is 0 Å². The summed E-state index contributed by atoms with van der Waals surface area (Å²) in [6, 6.07) is 3.30. The summed E-state index contributed by atoms with van der Waals surface area (Å²) in [7, 11) is 0. The Labute approximate surface area is 104 Å². The van der Waals surface area contributed by atoms with E-state index in [4.69, 9.17) is 9.84 Å². The minimum atomic E-state index is -0.892. The molecule has 5 heteroatoms. The number of thioether (sulfide) groups is 1. The second-order valence-corrected chi connectivity index (χ2v) is 5.34. The van der Waals surface area contributed by atoms with E-state index in [0.29, 0.717) is 10.8 Å². The summed E-state index contributed by atoms with van der Waals surface area (Å²) >= 11 is 1.60. The molecule has 1 saturated heterocycles. The molecule has 1 aromatic heterocycles. The van der Waals surface area contributed by atoms with Crippen molar-refractivity contribution in [3.63, 3.8) is 0 Å². The second-order valence-electron chi connectivity index (χ2n) is 4.02. The molecule has 0 radical (unpaired) electrons. The largest absolute Gasteiger partial charge is 0.478 e. The lowest BCUT2D eigenvalue weighted by molar-refractivity contribution is 0.0454. The number of hydrogen-bond donors (Lipinski definition) is 1. The van der Waals surface area contributed by atoms with Crippen LogP contribution in [-0.2, 0) is 11.2 Å². The smallest absolute Gasteiger partial charge is 0.335 e. The molecule has 2 heterocycles. The van der Waals surface area contributed by atoms with E-state index in [1.165, 1.54) is 0 Å². The molecule has 0 aliphatic carbocycles. The molecule has 1 aliphatic heterocycles. The van der Waals surface area contributed by atoms with Gasteiger partial charge < -0.3 is 9.84 Å². The number of aromatic carboxylic acids is 1. The highest BCUT2D eigenvalue weighted by atomic mass is 32.2. The molecule has 92 valence electrons. The first kappa shape index (κ1) is 12.4. The van der Waals surface area contributed by atoms with Gasteiger partial charge in [-0.1, -0.05) is 25.1 Å². The van der Waals surface area contributed by atoms with Gasteiger partial charge in [0.25, 0.3) is 0 Å². The zero-order valence-electron chi connectivity index (χ0n) is 9.68. The van der Waals surface area contributed by atoms with Gasteiger partial charge in [-0.15, -0.1) is 0 Å². The van der Waals surface area contributed by atoms with E-state index in [9.17, 15) is 4.79 Å². The third-order valence-corrected chi connectivity index (χ3v) is 3.56. The van der Waals surface area contributed by atoms with E-state index in [0.717, 1.165) is 36.8 Å². The van der Waals surface area contributed by atoms with Crippen LogP contribution in [0.15, 0.2) is 17.2 Å². The fraction of sp³-hybridized carbons (Fsp3) is 0.500. The summed E-state index contributed by atoms with van der Waals surface area (Å²) in [5, 5.41) is 10.3. The van der Waals surface area contributed by atoms with E-state index in [-0.39, 0.29) is 0 Å². The molecule has 1 N–H and O–H groups in total. The number of rotatable bonds is 5. The van der Waals surface area contributed by atoms with Gasteiger partial charge in [-0.05, 0) is 18.6 Å². The molecular formula is C12H15NO3S. The third kappa shape index (κ3) is 3.20. The number of carboxylic acids is 1. The quantitative estimate of drug-likeness (QED) is 0.872.